The van der Waals surface area contributed by atoms with E-state index in [1.54, 1.807) is 0 Å². The number of aliphatic hydroxyl groups excluding tert-OH is 1. The Morgan fingerprint density at radius 3 is 2.53 bits per heavy atom. The molecular formula is C9H12Cl2N2O3S. The monoisotopic (exact) mass is 298 g/mol. The summed E-state index contributed by atoms with van der Waals surface area (Å²) in [6.45, 7) is 1.33. The third-order valence-electron chi connectivity index (χ3n) is 1.87. The Balaban J connectivity index is 3.16. The van der Waals surface area contributed by atoms with Crippen molar-refractivity contribution in [2.75, 3.05) is 12.3 Å². The maximum Gasteiger partial charge on any atom is 0.244 e. The highest BCUT2D eigenvalue weighted by Crippen LogP contribution is 2.30. The number of nitrogens with one attached hydrogen (secondary N) is 1. The number of hydrogen-bond acceptors (Lipinski definition) is 4. The number of nitrogens with two attached hydrogens (primary N) is 1. The van der Waals surface area contributed by atoms with E-state index < -0.39 is 16.1 Å². The second-order valence-corrected chi connectivity index (χ2v) is 6.05. The fraction of sp³-hybridized carbons (Fsp3) is 0.333. The summed E-state index contributed by atoms with van der Waals surface area (Å²) in [6, 6.07) is 2.58. The van der Waals surface area contributed by atoms with Gasteiger partial charge in [-0.25, -0.2) is 13.1 Å². The number of sulfonamides is 1. The average molecular weight is 299 g/mol. The Bertz CT molecular complexity index is 494. The van der Waals surface area contributed by atoms with Crippen molar-refractivity contribution in [1.29, 1.82) is 0 Å². The molecule has 0 aromatic heterocycles. The maximum atomic E-state index is 11.9. The maximum absolute atomic E-state index is 11.9. The third kappa shape index (κ3) is 3.72. The quantitative estimate of drug-likeness (QED) is 0.729. The first-order chi connectivity index (χ1) is 7.74. The first-order valence-electron chi connectivity index (χ1n) is 4.66. The Morgan fingerprint density at radius 1 is 1.47 bits per heavy atom. The summed E-state index contributed by atoms with van der Waals surface area (Å²) in [5, 5.41) is 9.22. The van der Waals surface area contributed by atoms with Crippen molar-refractivity contribution in [3.8, 4) is 0 Å². The molecule has 5 nitrogen and oxygen atoms in total. The van der Waals surface area contributed by atoms with Gasteiger partial charge in [-0.2, -0.15) is 0 Å². The van der Waals surface area contributed by atoms with E-state index in [-0.39, 0.29) is 27.2 Å². The minimum absolute atomic E-state index is 0.0411. The first kappa shape index (κ1) is 14.5. The third-order valence-corrected chi connectivity index (χ3v) is 4.04. The summed E-state index contributed by atoms with van der Waals surface area (Å²) in [5.41, 5.74) is 5.52. The molecule has 1 aromatic carbocycles. The minimum atomic E-state index is -3.86. The molecule has 0 spiro atoms. The van der Waals surface area contributed by atoms with Crippen molar-refractivity contribution in [2.45, 2.75) is 17.9 Å². The van der Waals surface area contributed by atoms with E-state index in [1.807, 2.05) is 0 Å². The summed E-state index contributed by atoms with van der Waals surface area (Å²) in [7, 11) is -3.86. The molecular weight excluding hydrogens is 287 g/mol. The summed E-state index contributed by atoms with van der Waals surface area (Å²) in [5.74, 6) is 0. The standard InChI is InChI=1S/C9H12Cl2N2O3S/c1-5(14)4-13-17(15,16)9-7(11)2-6(10)3-8(9)12/h2-3,5,13-14H,4,12H2,1H3/t5-/m0/s1. The van der Waals surface area contributed by atoms with Crippen molar-refractivity contribution in [3.63, 3.8) is 0 Å². The molecule has 4 N–H and O–H groups in total. The van der Waals surface area contributed by atoms with Gasteiger partial charge < -0.3 is 10.8 Å². The SMILES string of the molecule is C[C@H](O)CNS(=O)(=O)c1c(N)cc(Cl)cc1Cl. The highest BCUT2D eigenvalue weighted by molar-refractivity contribution is 7.89. The smallest absolute Gasteiger partial charge is 0.244 e. The van der Waals surface area contributed by atoms with Crippen LogP contribution < -0.4 is 10.5 Å². The van der Waals surface area contributed by atoms with Gasteiger partial charge in [0, 0.05) is 11.6 Å². The van der Waals surface area contributed by atoms with Crippen LogP contribution in [0.5, 0.6) is 0 Å². The molecule has 0 aliphatic heterocycles. The molecule has 0 heterocycles. The van der Waals surface area contributed by atoms with Crippen LogP contribution in [0.25, 0.3) is 0 Å². The normalized spacial score (nSPS) is 13.6. The first-order valence-corrected chi connectivity index (χ1v) is 6.90. The average Bonchev–Trinajstić information content (AvgIpc) is 2.12. The van der Waals surface area contributed by atoms with Crippen molar-refractivity contribution < 1.29 is 13.5 Å². The minimum Gasteiger partial charge on any atom is -0.398 e. The van der Waals surface area contributed by atoms with Gasteiger partial charge >= 0.3 is 0 Å². The molecule has 1 atom stereocenters. The lowest BCUT2D eigenvalue weighted by Gasteiger charge is -2.12. The van der Waals surface area contributed by atoms with Gasteiger partial charge in [0.1, 0.15) is 4.90 Å². The van der Waals surface area contributed by atoms with E-state index in [2.05, 4.69) is 4.72 Å². The molecule has 1 aromatic rings. The lowest BCUT2D eigenvalue weighted by molar-refractivity contribution is 0.198. The summed E-state index contributed by atoms with van der Waals surface area (Å²) in [4.78, 5) is -0.232. The van der Waals surface area contributed by atoms with Crippen LogP contribution in [0.2, 0.25) is 10.0 Å². The number of anilines is 1. The molecule has 0 unspecified atom stereocenters. The number of halogens is 2. The Labute approximate surface area is 110 Å². The van der Waals surface area contributed by atoms with Gasteiger partial charge in [-0.15, -0.1) is 0 Å². The fourth-order valence-corrected chi connectivity index (χ4v) is 3.27. The molecule has 1 rings (SSSR count). The predicted octanol–water partition coefficient (Wildman–Crippen LogP) is 1.23. The second-order valence-electron chi connectivity index (χ2n) is 3.51. The molecule has 0 saturated heterocycles. The van der Waals surface area contributed by atoms with E-state index in [1.165, 1.54) is 19.1 Å². The molecule has 0 amide bonds. The topological polar surface area (TPSA) is 92.4 Å². The Morgan fingerprint density at radius 2 is 2.06 bits per heavy atom. The second kappa shape index (κ2) is 5.41. The van der Waals surface area contributed by atoms with Crippen LogP contribution >= 0.6 is 23.2 Å². The Hall–Kier alpha value is -0.530. The zero-order valence-electron chi connectivity index (χ0n) is 8.94. The van der Waals surface area contributed by atoms with Crippen molar-refractivity contribution >= 4 is 38.9 Å². The number of nitrogen functional groups attached to an aromatic ring is 1. The van der Waals surface area contributed by atoms with Gasteiger partial charge in [-0.1, -0.05) is 23.2 Å². The zero-order chi connectivity index (χ0) is 13.2. The molecule has 0 saturated carbocycles. The Kier molecular flexibility index (Phi) is 4.62. The molecule has 0 fully saturated rings. The van der Waals surface area contributed by atoms with Crippen molar-refractivity contribution in [2.24, 2.45) is 0 Å². The molecule has 96 valence electrons. The molecule has 17 heavy (non-hydrogen) atoms. The van der Waals surface area contributed by atoms with Crippen LogP contribution in [0.15, 0.2) is 17.0 Å². The lowest BCUT2D eigenvalue weighted by Crippen LogP contribution is -2.31. The van der Waals surface area contributed by atoms with Gasteiger partial charge in [0.05, 0.1) is 16.8 Å². The molecule has 0 aliphatic carbocycles. The van der Waals surface area contributed by atoms with Gasteiger partial charge in [0.2, 0.25) is 10.0 Å². The van der Waals surface area contributed by atoms with Crippen LogP contribution in [0.3, 0.4) is 0 Å². The number of hydrogen-bond donors (Lipinski definition) is 3. The van der Waals surface area contributed by atoms with Crippen molar-refractivity contribution in [1.82, 2.24) is 4.72 Å². The van der Waals surface area contributed by atoms with E-state index in [9.17, 15) is 8.42 Å². The molecule has 0 radical (unpaired) electrons. The van der Waals surface area contributed by atoms with Crippen LogP contribution in [-0.2, 0) is 10.0 Å². The largest absolute Gasteiger partial charge is 0.398 e. The molecule has 0 aliphatic rings. The van der Waals surface area contributed by atoms with Gasteiger partial charge in [0.15, 0.2) is 0 Å². The van der Waals surface area contributed by atoms with Gasteiger partial charge in [-0.05, 0) is 19.1 Å². The van der Waals surface area contributed by atoms with E-state index >= 15 is 0 Å². The van der Waals surface area contributed by atoms with Crippen molar-refractivity contribution in [3.05, 3.63) is 22.2 Å². The number of benzene rings is 1. The zero-order valence-corrected chi connectivity index (χ0v) is 11.3. The number of rotatable bonds is 4. The van der Waals surface area contributed by atoms with Crippen LogP contribution in [-0.4, -0.2) is 26.2 Å². The van der Waals surface area contributed by atoms with E-state index in [0.717, 1.165) is 0 Å². The number of aliphatic hydroxyl groups is 1. The van der Waals surface area contributed by atoms with Gasteiger partial charge in [-0.3, -0.25) is 0 Å². The van der Waals surface area contributed by atoms with Gasteiger partial charge in [0.25, 0.3) is 0 Å². The fourth-order valence-electron chi connectivity index (χ4n) is 1.17. The van der Waals surface area contributed by atoms with E-state index in [4.69, 9.17) is 34.0 Å². The summed E-state index contributed by atoms with van der Waals surface area (Å²) >= 11 is 11.5. The lowest BCUT2D eigenvalue weighted by atomic mass is 10.3. The molecule has 8 heteroatoms. The van der Waals surface area contributed by atoms with E-state index in [0.29, 0.717) is 0 Å². The van der Waals surface area contributed by atoms with Crippen LogP contribution in [0.1, 0.15) is 6.92 Å². The van der Waals surface area contributed by atoms with Crippen LogP contribution in [0, 0.1) is 0 Å². The molecule has 0 bridgehead atoms. The summed E-state index contributed by atoms with van der Waals surface area (Å²) in [6.07, 6.45) is -0.808. The predicted molar refractivity (Wildman–Crippen MR) is 67.7 cm³/mol. The summed E-state index contributed by atoms with van der Waals surface area (Å²) < 4.78 is 25.9. The highest BCUT2D eigenvalue weighted by atomic mass is 35.5. The highest BCUT2D eigenvalue weighted by Gasteiger charge is 2.22. The van der Waals surface area contributed by atoms with Crippen LogP contribution in [0.4, 0.5) is 5.69 Å².